The van der Waals surface area contributed by atoms with Crippen LogP contribution in [0.4, 0.5) is 0 Å². The number of carbonyl (C=O) groups excluding carboxylic acids is 1. The molecule has 0 fully saturated rings. The number of thiophene rings is 1. The van der Waals surface area contributed by atoms with E-state index in [1.54, 1.807) is 11.3 Å². The van der Waals surface area contributed by atoms with Crippen LogP contribution in [-0.2, 0) is 17.6 Å². The van der Waals surface area contributed by atoms with E-state index in [4.69, 9.17) is 4.74 Å². The van der Waals surface area contributed by atoms with Crippen molar-refractivity contribution in [2.24, 2.45) is 0 Å². The second kappa shape index (κ2) is 6.62. The van der Waals surface area contributed by atoms with Crippen LogP contribution in [0.25, 0.3) is 0 Å². The summed E-state index contributed by atoms with van der Waals surface area (Å²) in [7, 11) is 0. The summed E-state index contributed by atoms with van der Waals surface area (Å²) >= 11 is 1.59. The van der Waals surface area contributed by atoms with Crippen LogP contribution >= 0.6 is 11.3 Å². The van der Waals surface area contributed by atoms with Gasteiger partial charge in [0.15, 0.2) is 6.10 Å². The van der Waals surface area contributed by atoms with E-state index in [9.17, 15) is 4.79 Å². The van der Waals surface area contributed by atoms with E-state index >= 15 is 0 Å². The van der Waals surface area contributed by atoms with Crippen LogP contribution in [0.1, 0.15) is 43.8 Å². The van der Waals surface area contributed by atoms with E-state index in [-0.39, 0.29) is 12.1 Å². The molecule has 4 rings (SSSR count). The highest BCUT2D eigenvalue weighted by Gasteiger charge is 2.23. The first-order valence-electron chi connectivity index (χ1n) is 8.24. The number of hydrogen-bond acceptors (Lipinski definition) is 3. The van der Waals surface area contributed by atoms with Gasteiger partial charge in [-0.05, 0) is 42.0 Å². The molecule has 0 spiro atoms. The van der Waals surface area contributed by atoms with Gasteiger partial charge in [-0.25, -0.2) is 4.79 Å². The number of esters is 1. The van der Waals surface area contributed by atoms with Gasteiger partial charge in [0.1, 0.15) is 4.88 Å². The zero-order valence-corrected chi connectivity index (χ0v) is 14.1. The average Bonchev–Trinajstić information content (AvgIpc) is 3.23. The van der Waals surface area contributed by atoms with E-state index in [0.29, 0.717) is 0 Å². The molecule has 2 aromatic carbocycles. The first kappa shape index (κ1) is 15.2. The molecule has 0 atom stereocenters. The van der Waals surface area contributed by atoms with Gasteiger partial charge in [-0.3, -0.25) is 0 Å². The zero-order chi connectivity index (χ0) is 16.4. The van der Waals surface area contributed by atoms with Gasteiger partial charge >= 0.3 is 5.97 Å². The molecule has 2 nitrogen and oxygen atoms in total. The lowest BCUT2D eigenvalue weighted by atomic mass is 10.0. The Kier molecular flexibility index (Phi) is 4.18. The molecule has 1 heterocycles. The van der Waals surface area contributed by atoms with Gasteiger partial charge in [-0.1, -0.05) is 60.7 Å². The van der Waals surface area contributed by atoms with Crippen molar-refractivity contribution >= 4 is 17.3 Å². The largest absolute Gasteiger partial charge is 0.448 e. The van der Waals surface area contributed by atoms with Gasteiger partial charge in [0.2, 0.25) is 0 Å². The van der Waals surface area contributed by atoms with E-state index in [0.717, 1.165) is 28.8 Å². The summed E-state index contributed by atoms with van der Waals surface area (Å²) in [4.78, 5) is 14.8. The smallest absolute Gasteiger partial charge is 0.349 e. The molecule has 1 aromatic heterocycles. The van der Waals surface area contributed by atoms with Crippen molar-refractivity contribution in [2.45, 2.75) is 25.4 Å². The third-order valence-electron chi connectivity index (χ3n) is 4.38. The maximum Gasteiger partial charge on any atom is 0.349 e. The van der Waals surface area contributed by atoms with Crippen molar-refractivity contribution in [3.8, 4) is 0 Å². The highest BCUT2D eigenvalue weighted by molar-refractivity contribution is 7.14. The van der Waals surface area contributed by atoms with Gasteiger partial charge in [-0.15, -0.1) is 11.3 Å². The molecule has 0 bridgehead atoms. The van der Waals surface area contributed by atoms with Crippen molar-refractivity contribution in [1.29, 1.82) is 0 Å². The number of carbonyl (C=O) groups is 1. The second-order valence-electron chi connectivity index (χ2n) is 6.02. The van der Waals surface area contributed by atoms with Crippen LogP contribution in [0.3, 0.4) is 0 Å². The normalized spacial score (nSPS) is 13.0. The molecule has 24 heavy (non-hydrogen) atoms. The van der Waals surface area contributed by atoms with Crippen molar-refractivity contribution in [1.82, 2.24) is 0 Å². The van der Waals surface area contributed by atoms with E-state index in [1.165, 1.54) is 16.9 Å². The Labute approximate surface area is 145 Å². The minimum absolute atomic E-state index is 0.230. The molecule has 0 saturated carbocycles. The number of hydrogen-bond donors (Lipinski definition) is 0. The SMILES string of the molecule is O=C(OC(c1ccccc1)c1ccccc1)c1cc2c(s1)CCC2. The van der Waals surface area contributed by atoms with Crippen LogP contribution in [0.15, 0.2) is 66.7 Å². The first-order valence-corrected chi connectivity index (χ1v) is 9.05. The monoisotopic (exact) mass is 334 g/mol. The Bertz CT molecular complexity index is 776. The third kappa shape index (κ3) is 3.00. The average molecular weight is 334 g/mol. The molecule has 0 N–H and O–H groups in total. The van der Waals surface area contributed by atoms with Crippen LogP contribution in [0.2, 0.25) is 0 Å². The molecule has 0 saturated heterocycles. The molecule has 3 heteroatoms. The van der Waals surface area contributed by atoms with Gasteiger partial charge < -0.3 is 4.74 Å². The molecule has 0 radical (unpaired) electrons. The lowest BCUT2D eigenvalue weighted by Gasteiger charge is -2.18. The second-order valence-corrected chi connectivity index (χ2v) is 7.16. The minimum atomic E-state index is -0.378. The molecule has 1 aliphatic rings. The number of rotatable bonds is 4. The summed E-state index contributed by atoms with van der Waals surface area (Å²) in [6, 6.07) is 21.8. The topological polar surface area (TPSA) is 26.3 Å². The standard InChI is InChI=1S/C21H18O2S/c22-21(19-14-17-12-7-13-18(17)24-19)23-20(15-8-3-1-4-9-15)16-10-5-2-6-11-16/h1-6,8-11,14,20H,7,12-13H2. The Morgan fingerprint density at radius 1 is 0.917 bits per heavy atom. The quantitative estimate of drug-likeness (QED) is 0.614. The molecule has 0 amide bonds. The van der Waals surface area contributed by atoms with Crippen LogP contribution in [-0.4, -0.2) is 5.97 Å². The maximum absolute atomic E-state index is 12.7. The van der Waals surface area contributed by atoms with Gasteiger partial charge in [0, 0.05) is 4.88 Å². The molecule has 3 aromatic rings. The highest BCUT2D eigenvalue weighted by Crippen LogP contribution is 2.33. The van der Waals surface area contributed by atoms with Gasteiger partial charge in [-0.2, -0.15) is 0 Å². The van der Waals surface area contributed by atoms with Crippen LogP contribution in [0.5, 0.6) is 0 Å². The Hall–Kier alpha value is -2.39. The lowest BCUT2D eigenvalue weighted by molar-refractivity contribution is 0.0384. The van der Waals surface area contributed by atoms with Gasteiger partial charge in [0.05, 0.1) is 0 Å². The summed E-state index contributed by atoms with van der Waals surface area (Å²) in [6.45, 7) is 0. The summed E-state index contributed by atoms with van der Waals surface area (Å²) in [6.07, 6.45) is 3.00. The maximum atomic E-state index is 12.7. The fraction of sp³-hybridized carbons (Fsp3) is 0.190. The van der Waals surface area contributed by atoms with E-state index in [1.807, 2.05) is 66.7 Å². The van der Waals surface area contributed by atoms with Crippen molar-refractivity contribution in [3.05, 3.63) is 93.2 Å². The van der Waals surface area contributed by atoms with Gasteiger partial charge in [0.25, 0.3) is 0 Å². The lowest BCUT2D eigenvalue weighted by Crippen LogP contribution is -2.12. The summed E-state index contributed by atoms with van der Waals surface area (Å²) in [5.74, 6) is -0.230. The summed E-state index contributed by atoms with van der Waals surface area (Å²) < 4.78 is 5.92. The Morgan fingerprint density at radius 3 is 2.12 bits per heavy atom. The van der Waals surface area contributed by atoms with E-state index < -0.39 is 0 Å². The van der Waals surface area contributed by atoms with Crippen LogP contribution < -0.4 is 0 Å². The predicted octanol–water partition coefficient (Wildman–Crippen LogP) is 5.18. The fourth-order valence-electron chi connectivity index (χ4n) is 3.18. The molecule has 0 aliphatic heterocycles. The number of benzene rings is 2. The summed E-state index contributed by atoms with van der Waals surface area (Å²) in [5, 5.41) is 0. The molecule has 1 aliphatic carbocycles. The van der Waals surface area contributed by atoms with Crippen molar-refractivity contribution in [3.63, 3.8) is 0 Å². The molecule has 120 valence electrons. The number of ether oxygens (including phenoxy) is 1. The Morgan fingerprint density at radius 2 is 1.54 bits per heavy atom. The number of fused-ring (bicyclic) bond motifs is 1. The first-order chi connectivity index (χ1) is 11.8. The van der Waals surface area contributed by atoms with Crippen molar-refractivity contribution in [2.75, 3.05) is 0 Å². The molecular weight excluding hydrogens is 316 g/mol. The fourth-order valence-corrected chi connectivity index (χ4v) is 4.32. The number of aryl methyl sites for hydroxylation is 2. The molecular formula is C21H18O2S. The van der Waals surface area contributed by atoms with E-state index in [2.05, 4.69) is 0 Å². The third-order valence-corrected chi connectivity index (χ3v) is 5.59. The zero-order valence-electron chi connectivity index (χ0n) is 13.3. The Balaban J connectivity index is 1.63. The van der Waals surface area contributed by atoms with Crippen LogP contribution in [0, 0.1) is 0 Å². The highest BCUT2D eigenvalue weighted by atomic mass is 32.1. The minimum Gasteiger partial charge on any atom is -0.448 e. The molecule has 0 unspecified atom stereocenters. The van der Waals surface area contributed by atoms with Crippen molar-refractivity contribution < 1.29 is 9.53 Å². The summed E-state index contributed by atoms with van der Waals surface area (Å²) in [5.41, 5.74) is 3.30. The predicted molar refractivity (Wildman–Crippen MR) is 96.5 cm³/mol.